The molecule has 0 bridgehead atoms. The Morgan fingerprint density at radius 2 is 1.93 bits per heavy atom. The molecule has 0 aromatic carbocycles. The van der Waals surface area contributed by atoms with E-state index in [-0.39, 0.29) is 24.0 Å². The van der Waals surface area contributed by atoms with E-state index in [1.54, 1.807) is 17.8 Å². The molecule has 0 radical (unpaired) electrons. The average Bonchev–Trinajstić information content (AvgIpc) is 3.13. The third-order valence-corrected chi connectivity index (χ3v) is 4.59. The molecule has 0 amide bonds. The molecule has 29 heavy (non-hydrogen) atoms. The third kappa shape index (κ3) is 7.46. The molecule has 2 aromatic heterocycles. The molecule has 0 aliphatic carbocycles. The molecule has 0 saturated carbocycles. The maximum Gasteiger partial charge on any atom is 0.191 e. The molecule has 162 valence electrons. The van der Waals surface area contributed by atoms with Crippen LogP contribution in [0.3, 0.4) is 0 Å². The molecule has 2 rings (SSSR count). The van der Waals surface area contributed by atoms with Crippen LogP contribution >= 0.6 is 24.0 Å². The van der Waals surface area contributed by atoms with Crippen molar-refractivity contribution < 1.29 is 5.11 Å². The minimum Gasteiger partial charge on any atom is -0.383 e. The Morgan fingerprint density at radius 3 is 2.45 bits per heavy atom. The van der Waals surface area contributed by atoms with Gasteiger partial charge in [0.05, 0.1) is 19.3 Å². The topological polar surface area (TPSA) is 90.6 Å². The van der Waals surface area contributed by atoms with Crippen LogP contribution < -0.4 is 15.5 Å². The Hall–Kier alpha value is -1.88. The van der Waals surface area contributed by atoms with E-state index in [2.05, 4.69) is 50.5 Å². The standard InChI is InChI=1S/C20H33N7O.HI/c1-6-21-19(24-15-20(4,28)17-13-25-26(5)14-17)23-12-16-9-10-18(22-11-16)27(7-2)8-3;/h9-11,13-14,28H,6-8,12,15H2,1-5H3,(H2,21,23,24);1H. The number of hydrogen-bond acceptors (Lipinski definition) is 5. The van der Waals surface area contributed by atoms with Crippen LogP contribution in [0.1, 0.15) is 38.8 Å². The van der Waals surface area contributed by atoms with Crippen molar-refractivity contribution in [2.24, 2.45) is 12.0 Å². The van der Waals surface area contributed by atoms with Gasteiger partial charge in [-0.05, 0) is 39.3 Å². The highest BCUT2D eigenvalue weighted by Gasteiger charge is 2.24. The number of nitrogens with zero attached hydrogens (tertiary/aromatic N) is 5. The number of aryl methyl sites for hydroxylation is 1. The van der Waals surface area contributed by atoms with Crippen LogP contribution in [0.2, 0.25) is 0 Å². The Kier molecular flexibility index (Phi) is 10.4. The number of hydrogen-bond donors (Lipinski definition) is 3. The fourth-order valence-electron chi connectivity index (χ4n) is 2.81. The van der Waals surface area contributed by atoms with E-state index >= 15 is 0 Å². The molecule has 2 aromatic rings. The van der Waals surface area contributed by atoms with Gasteiger partial charge in [0.15, 0.2) is 5.96 Å². The Bertz CT molecular complexity index is 754. The number of guanidine groups is 1. The van der Waals surface area contributed by atoms with Crippen molar-refractivity contribution in [3.8, 4) is 0 Å². The molecule has 0 saturated heterocycles. The Balaban J connectivity index is 0.00000420. The number of aliphatic hydroxyl groups is 1. The van der Waals surface area contributed by atoms with E-state index in [4.69, 9.17) is 0 Å². The highest BCUT2D eigenvalue weighted by atomic mass is 127. The van der Waals surface area contributed by atoms with E-state index in [0.29, 0.717) is 19.0 Å². The number of rotatable bonds is 9. The zero-order chi connectivity index (χ0) is 20.6. The van der Waals surface area contributed by atoms with Gasteiger partial charge in [-0.25, -0.2) is 9.98 Å². The summed E-state index contributed by atoms with van der Waals surface area (Å²) in [5.41, 5.74) is 0.749. The number of anilines is 1. The summed E-state index contributed by atoms with van der Waals surface area (Å²) in [5, 5.41) is 21.3. The number of aromatic nitrogens is 3. The van der Waals surface area contributed by atoms with Gasteiger partial charge in [-0.2, -0.15) is 5.10 Å². The maximum absolute atomic E-state index is 10.7. The molecule has 0 aliphatic heterocycles. The quantitative estimate of drug-likeness (QED) is 0.270. The lowest BCUT2D eigenvalue weighted by Crippen LogP contribution is -2.44. The van der Waals surface area contributed by atoms with Crippen LogP contribution in [0, 0.1) is 0 Å². The van der Waals surface area contributed by atoms with E-state index < -0.39 is 5.60 Å². The maximum atomic E-state index is 10.7. The van der Waals surface area contributed by atoms with E-state index in [1.165, 1.54) is 0 Å². The van der Waals surface area contributed by atoms with E-state index in [1.807, 2.05) is 32.4 Å². The van der Waals surface area contributed by atoms with Gasteiger partial charge in [0.1, 0.15) is 11.4 Å². The number of nitrogens with one attached hydrogen (secondary N) is 2. The largest absolute Gasteiger partial charge is 0.383 e. The van der Waals surface area contributed by atoms with Gasteiger partial charge in [-0.15, -0.1) is 24.0 Å². The lowest BCUT2D eigenvalue weighted by molar-refractivity contribution is 0.0616. The minimum absolute atomic E-state index is 0. The molecule has 2 heterocycles. The second kappa shape index (κ2) is 12.0. The fourth-order valence-corrected chi connectivity index (χ4v) is 2.81. The molecule has 1 unspecified atom stereocenters. The van der Waals surface area contributed by atoms with Gasteiger partial charge >= 0.3 is 0 Å². The zero-order valence-electron chi connectivity index (χ0n) is 18.0. The molecule has 0 fully saturated rings. The summed E-state index contributed by atoms with van der Waals surface area (Å²) in [4.78, 5) is 11.4. The van der Waals surface area contributed by atoms with Crippen molar-refractivity contribution in [3.63, 3.8) is 0 Å². The molecular formula is C20H34IN7O. The van der Waals surface area contributed by atoms with Crippen LogP contribution in [-0.4, -0.2) is 52.0 Å². The van der Waals surface area contributed by atoms with Gasteiger partial charge in [0, 0.05) is 44.6 Å². The highest BCUT2D eigenvalue weighted by molar-refractivity contribution is 14.0. The molecule has 8 nitrogen and oxygen atoms in total. The predicted octanol–water partition coefficient (Wildman–Crippen LogP) is 2.24. The van der Waals surface area contributed by atoms with Crippen molar-refractivity contribution in [1.82, 2.24) is 25.4 Å². The SMILES string of the molecule is CCNC(=NCc1ccc(N(CC)CC)nc1)NCC(C)(O)c1cnn(C)c1.I. The number of halogens is 1. The monoisotopic (exact) mass is 515 g/mol. The normalized spacial score (nSPS) is 13.4. The lowest BCUT2D eigenvalue weighted by Gasteiger charge is -2.23. The third-order valence-electron chi connectivity index (χ3n) is 4.59. The molecule has 9 heteroatoms. The smallest absolute Gasteiger partial charge is 0.191 e. The average molecular weight is 515 g/mol. The predicted molar refractivity (Wildman–Crippen MR) is 129 cm³/mol. The van der Waals surface area contributed by atoms with Gasteiger partial charge in [-0.1, -0.05) is 6.07 Å². The Morgan fingerprint density at radius 1 is 1.21 bits per heavy atom. The summed E-state index contributed by atoms with van der Waals surface area (Å²) in [5.74, 6) is 1.63. The molecular weight excluding hydrogens is 481 g/mol. The van der Waals surface area contributed by atoms with Crippen LogP contribution in [0.15, 0.2) is 35.7 Å². The molecule has 3 N–H and O–H groups in total. The second-order valence-corrected chi connectivity index (χ2v) is 6.92. The van der Waals surface area contributed by atoms with Crippen molar-refractivity contribution in [1.29, 1.82) is 0 Å². The van der Waals surface area contributed by atoms with Crippen LogP contribution in [0.5, 0.6) is 0 Å². The van der Waals surface area contributed by atoms with Gasteiger partial charge in [0.25, 0.3) is 0 Å². The first-order valence-corrected chi connectivity index (χ1v) is 9.83. The lowest BCUT2D eigenvalue weighted by atomic mass is 10.00. The number of aliphatic imine (C=N–C) groups is 1. The van der Waals surface area contributed by atoms with E-state index in [9.17, 15) is 5.11 Å². The Labute approximate surface area is 190 Å². The molecule has 0 spiro atoms. The van der Waals surface area contributed by atoms with Crippen LogP contribution in [0.4, 0.5) is 5.82 Å². The number of pyridine rings is 1. The first kappa shape index (κ1) is 25.2. The summed E-state index contributed by atoms with van der Waals surface area (Å²) in [6, 6.07) is 4.09. The fraction of sp³-hybridized carbons (Fsp3) is 0.550. The van der Waals surface area contributed by atoms with Crippen LogP contribution in [0.25, 0.3) is 0 Å². The second-order valence-electron chi connectivity index (χ2n) is 6.92. The van der Waals surface area contributed by atoms with Gasteiger partial charge < -0.3 is 20.6 Å². The minimum atomic E-state index is -1.04. The van der Waals surface area contributed by atoms with Gasteiger partial charge in [-0.3, -0.25) is 4.68 Å². The van der Waals surface area contributed by atoms with Crippen LogP contribution in [-0.2, 0) is 19.2 Å². The zero-order valence-corrected chi connectivity index (χ0v) is 20.3. The molecule has 0 aliphatic rings. The summed E-state index contributed by atoms with van der Waals surface area (Å²) in [6.07, 6.45) is 5.36. The van der Waals surface area contributed by atoms with E-state index in [0.717, 1.165) is 36.6 Å². The van der Waals surface area contributed by atoms with Gasteiger partial charge in [0.2, 0.25) is 0 Å². The van der Waals surface area contributed by atoms with Crippen molar-refractivity contribution in [3.05, 3.63) is 41.9 Å². The summed E-state index contributed by atoms with van der Waals surface area (Å²) in [6.45, 7) is 11.5. The van der Waals surface area contributed by atoms with Crippen molar-refractivity contribution in [2.45, 2.75) is 39.8 Å². The summed E-state index contributed by atoms with van der Waals surface area (Å²) >= 11 is 0. The van der Waals surface area contributed by atoms with Crippen molar-refractivity contribution >= 4 is 35.8 Å². The molecule has 1 atom stereocenters. The summed E-state index contributed by atoms with van der Waals surface area (Å²) < 4.78 is 1.68. The first-order valence-electron chi connectivity index (χ1n) is 9.83. The summed E-state index contributed by atoms with van der Waals surface area (Å²) in [7, 11) is 1.83. The first-order chi connectivity index (χ1) is 13.4. The van der Waals surface area contributed by atoms with Crippen molar-refractivity contribution in [2.75, 3.05) is 31.1 Å². The highest BCUT2D eigenvalue weighted by Crippen LogP contribution is 2.18.